The summed E-state index contributed by atoms with van der Waals surface area (Å²) in [6.07, 6.45) is -4.53. The van der Waals surface area contributed by atoms with Crippen molar-refractivity contribution >= 4 is 6.03 Å². The molecule has 2 amide bonds. The Morgan fingerprint density at radius 3 is 2.62 bits per heavy atom. The third-order valence-electron chi connectivity index (χ3n) is 4.62. The van der Waals surface area contributed by atoms with Crippen molar-refractivity contribution in [2.24, 2.45) is 0 Å². The molecule has 1 aliphatic carbocycles. The minimum atomic E-state index is -4.28. The van der Waals surface area contributed by atoms with E-state index in [4.69, 9.17) is 4.74 Å². The zero-order chi connectivity index (χ0) is 17.2. The van der Waals surface area contributed by atoms with E-state index < -0.39 is 18.7 Å². The summed E-state index contributed by atoms with van der Waals surface area (Å²) in [6.45, 7) is 0.459. The van der Waals surface area contributed by atoms with Gasteiger partial charge in [0.1, 0.15) is 0 Å². The number of hydrogen-bond acceptors (Lipinski definition) is 2. The molecule has 1 aliphatic heterocycles. The van der Waals surface area contributed by atoms with Crippen LogP contribution in [0.1, 0.15) is 30.7 Å². The first kappa shape index (κ1) is 17.1. The van der Waals surface area contributed by atoms with E-state index in [2.05, 4.69) is 17.4 Å². The topological polar surface area (TPSA) is 41.6 Å². The van der Waals surface area contributed by atoms with Gasteiger partial charge in [0.05, 0.1) is 19.1 Å². The average molecular weight is 342 g/mol. The Morgan fingerprint density at radius 1 is 1.25 bits per heavy atom. The van der Waals surface area contributed by atoms with Crippen molar-refractivity contribution in [2.75, 3.05) is 19.7 Å². The molecule has 132 valence electrons. The molecular formula is C17H21F3N2O2. The Bertz CT molecular complexity index is 559. The molecule has 1 aromatic carbocycles. The lowest BCUT2D eigenvalue weighted by molar-refractivity contribution is -0.168. The van der Waals surface area contributed by atoms with E-state index >= 15 is 0 Å². The molecule has 0 spiro atoms. The molecule has 2 fully saturated rings. The number of benzene rings is 1. The van der Waals surface area contributed by atoms with E-state index in [9.17, 15) is 18.0 Å². The fourth-order valence-corrected chi connectivity index (χ4v) is 3.28. The molecule has 2 aliphatic rings. The Labute approximate surface area is 139 Å². The van der Waals surface area contributed by atoms with Gasteiger partial charge in [0.15, 0.2) is 0 Å². The fraction of sp³-hybridized carbons (Fsp3) is 0.588. The molecule has 0 bridgehead atoms. The number of hydrogen-bond donors (Lipinski definition) is 1. The molecule has 1 atom stereocenters. The molecule has 0 radical (unpaired) electrons. The van der Waals surface area contributed by atoms with Gasteiger partial charge < -0.3 is 15.0 Å². The van der Waals surface area contributed by atoms with Gasteiger partial charge >= 0.3 is 12.2 Å². The second-order valence-electron chi connectivity index (χ2n) is 6.48. The molecule has 4 nitrogen and oxygen atoms in total. The maximum atomic E-state index is 12.4. The van der Waals surface area contributed by atoms with Crippen molar-refractivity contribution in [3.05, 3.63) is 35.9 Å². The Morgan fingerprint density at radius 2 is 1.96 bits per heavy atom. The van der Waals surface area contributed by atoms with Crippen LogP contribution >= 0.6 is 0 Å². The summed E-state index contributed by atoms with van der Waals surface area (Å²) in [7, 11) is 0. The lowest BCUT2D eigenvalue weighted by Crippen LogP contribution is -2.54. The standard InChI is InChI=1S/C17H21F3N2O2/c18-17(19,20)10-15-11-22(6-7-24-15)16(23)21-14-8-13(9-14)12-4-2-1-3-5-12/h1-5,13-15H,6-11H2,(H,21,23)/t13?,14?,15-/m0/s1. The molecule has 1 saturated heterocycles. The van der Waals surface area contributed by atoms with Crippen LogP contribution in [0, 0.1) is 0 Å². The van der Waals surface area contributed by atoms with Crippen LogP contribution in [0.25, 0.3) is 0 Å². The number of ether oxygens (including phenoxy) is 1. The highest BCUT2D eigenvalue weighted by Gasteiger charge is 2.37. The molecule has 1 saturated carbocycles. The van der Waals surface area contributed by atoms with Gasteiger partial charge in [-0.05, 0) is 24.3 Å². The van der Waals surface area contributed by atoms with Crippen molar-refractivity contribution in [1.82, 2.24) is 10.2 Å². The van der Waals surface area contributed by atoms with Crippen LogP contribution in [0.2, 0.25) is 0 Å². The normalized spacial score (nSPS) is 27.5. The van der Waals surface area contributed by atoms with Crippen molar-refractivity contribution in [1.29, 1.82) is 0 Å². The Hall–Kier alpha value is -1.76. The number of nitrogens with zero attached hydrogens (tertiary/aromatic N) is 1. The number of carbonyl (C=O) groups is 1. The van der Waals surface area contributed by atoms with Crippen LogP contribution in [0.5, 0.6) is 0 Å². The molecule has 0 aromatic heterocycles. The third kappa shape index (κ3) is 4.41. The van der Waals surface area contributed by atoms with E-state index in [1.165, 1.54) is 10.5 Å². The van der Waals surface area contributed by atoms with Crippen LogP contribution in [-0.2, 0) is 4.74 Å². The second-order valence-corrected chi connectivity index (χ2v) is 6.48. The van der Waals surface area contributed by atoms with Crippen LogP contribution in [-0.4, -0.2) is 48.9 Å². The first-order valence-electron chi connectivity index (χ1n) is 8.19. The van der Waals surface area contributed by atoms with Crippen LogP contribution in [0.15, 0.2) is 30.3 Å². The number of alkyl halides is 3. The van der Waals surface area contributed by atoms with E-state index in [0.717, 1.165) is 12.8 Å². The summed E-state index contributed by atoms with van der Waals surface area (Å²) in [5, 5.41) is 2.92. The molecule has 1 aromatic rings. The average Bonchev–Trinajstić information content (AvgIpc) is 2.49. The number of nitrogens with one attached hydrogen (secondary N) is 1. The predicted molar refractivity (Wildman–Crippen MR) is 82.7 cm³/mol. The molecule has 1 heterocycles. The van der Waals surface area contributed by atoms with Crippen LogP contribution in [0.4, 0.5) is 18.0 Å². The van der Waals surface area contributed by atoms with Gasteiger partial charge in [0.25, 0.3) is 0 Å². The summed E-state index contributed by atoms with van der Waals surface area (Å²) in [6, 6.07) is 9.91. The maximum absolute atomic E-state index is 12.4. The molecule has 24 heavy (non-hydrogen) atoms. The van der Waals surface area contributed by atoms with Crippen molar-refractivity contribution in [3.63, 3.8) is 0 Å². The van der Waals surface area contributed by atoms with Crippen molar-refractivity contribution < 1.29 is 22.7 Å². The van der Waals surface area contributed by atoms with Crippen molar-refractivity contribution in [2.45, 2.75) is 43.5 Å². The highest BCUT2D eigenvalue weighted by Crippen LogP contribution is 2.36. The van der Waals surface area contributed by atoms with Gasteiger partial charge in [-0.25, -0.2) is 4.79 Å². The highest BCUT2D eigenvalue weighted by atomic mass is 19.4. The van der Waals surface area contributed by atoms with Gasteiger partial charge in [-0.2, -0.15) is 13.2 Å². The summed E-state index contributed by atoms with van der Waals surface area (Å²) >= 11 is 0. The van der Waals surface area contributed by atoms with Crippen LogP contribution < -0.4 is 5.32 Å². The van der Waals surface area contributed by atoms with Crippen LogP contribution in [0.3, 0.4) is 0 Å². The molecule has 1 N–H and O–H groups in total. The number of morpholine rings is 1. The molecule has 7 heteroatoms. The number of rotatable bonds is 3. The zero-order valence-electron chi connectivity index (χ0n) is 13.3. The molecule has 0 unspecified atom stereocenters. The second kappa shape index (κ2) is 7.01. The lowest BCUT2D eigenvalue weighted by atomic mass is 9.76. The summed E-state index contributed by atoms with van der Waals surface area (Å²) in [5.74, 6) is 0.444. The number of halogens is 3. The summed E-state index contributed by atoms with van der Waals surface area (Å²) in [5.41, 5.74) is 1.26. The number of amides is 2. The molecular weight excluding hydrogens is 321 g/mol. The third-order valence-corrected chi connectivity index (χ3v) is 4.62. The number of urea groups is 1. The maximum Gasteiger partial charge on any atom is 0.391 e. The quantitative estimate of drug-likeness (QED) is 0.916. The minimum Gasteiger partial charge on any atom is -0.374 e. The summed E-state index contributed by atoms with van der Waals surface area (Å²) < 4.78 is 42.5. The Kier molecular flexibility index (Phi) is 4.99. The number of carbonyl (C=O) groups excluding carboxylic acids is 1. The fourth-order valence-electron chi connectivity index (χ4n) is 3.28. The predicted octanol–water partition coefficient (Wildman–Crippen LogP) is 3.30. The molecule has 3 rings (SSSR count). The Balaban J connectivity index is 1.44. The largest absolute Gasteiger partial charge is 0.391 e. The highest BCUT2D eigenvalue weighted by molar-refractivity contribution is 5.74. The lowest BCUT2D eigenvalue weighted by Gasteiger charge is -2.39. The van der Waals surface area contributed by atoms with Gasteiger partial charge in [0.2, 0.25) is 0 Å². The van der Waals surface area contributed by atoms with Gasteiger partial charge in [-0.1, -0.05) is 30.3 Å². The zero-order valence-corrected chi connectivity index (χ0v) is 13.3. The van der Waals surface area contributed by atoms with E-state index in [-0.39, 0.29) is 25.2 Å². The van der Waals surface area contributed by atoms with Gasteiger partial charge in [0, 0.05) is 19.1 Å². The van der Waals surface area contributed by atoms with E-state index in [1.54, 1.807) is 0 Å². The SMILES string of the molecule is O=C(NC1CC(c2ccccc2)C1)N1CCO[C@@H](CC(F)(F)F)C1. The smallest absolute Gasteiger partial charge is 0.374 e. The monoisotopic (exact) mass is 342 g/mol. The van der Waals surface area contributed by atoms with Gasteiger partial charge in [-0.3, -0.25) is 0 Å². The van der Waals surface area contributed by atoms with Crippen molar-refractivity contribution in [3.8, 4) is 0 Å². The van der Waals surface area contributed by atoms with E-state index in [1.807, 2.05) is 18.2 Å². The summed E-state index contributed by atoms with van der Waals surface area (Å²) in [4.78, 5) is 13.7. The first-order chi connectivity index (χ1) is 11.4. The minimum absolute atomic E-state index is 0.0137. The van der Waals surface area contributed by atoms with Gasteiger partial charge in [-0.15, -0.1) is 0 Å². The first-order valence-corrected chi connectivity index (χ1v) is 8.19. The van der Waals surface area contributed by atoms with E-state index in [0.29, 0.717) is 12.5 Å².